The predicted octanol–water partition coefficient (Wildman–Crippen LogP) is 4.77. The lowest BCUT2D eigenvalue weighted by Gasteiger charge is -2.35. The monoisotopic (exact) mass is 431 g/mol. The molecule has 2 saturated heterocycles. The third-order valence-corrected chi connectivity index (χ3v) is 8.89. The summed E-state index contributed by atoms with van der Waals surface area (Å²) in [7, 11) is -3.78. The van der Waals surface area contributed by atoms with Gasteiger partial charge in [0.2, 0.25) is 0 Å². The molecule has 0 N–H and O–H groups in total. The Morgan fingerprint density at radius 1 is 0.935 bits per heavy atom. The summed E-state index contributed by atoms with van der Waals surface area (Å²) in [6.45, 7) is 2.22. The van der Waals surface area contributed by atoms with Crippen molar-refractivity contribution in [3.05, 3.63) is 72.7 Å². The second-order valence-corrected chi connectivity index (χ2v) is 10.6. The molecule has 0 bridgehead atoms. The van der Waals surface area contributed by atoms with Gasteiger partial charge < -0.3 is 4.90 Å². The SMILES string of the molecule is O=S(=O)(c1cccc2ccccc12)n1c(C2CCN3CCCC3C2)cc2cnccc21. The summed E-state index contributed by atoms with van der Waals surface area (Å²) in [4.78, 5) is 7.19. The van der Waals surface area contributed by atoms with Crippen molar-refractivity contribution >= 4 is 31.7 Å². The standard InChI is InChI=1S/C25H25N3O2S/c29-31(30,25-9-3-6-18-5-1-2-8-22(18)25)28-23-10-12-26-17-20(23)16-24(28)19-11-14-27-13-4-7-21(27)15-19/h1-3,5-6,8-10,12,16-17,19,21H,4,7,11,13-15H2. The first-order valence-electron chi connectivity index (χ1n) is 11.1. The van der Waals surface area contributed by atoms with Gasteiger partial charge in [0, 0.05) is 40.8 Å². The van der Waals surface area contributed by atoms with Gasteiger partial charge in [0.1, 0.15) is 0 Å². The molecule has 2 aliphatic rings. The molecule has 0 spiro atoms. The van der Waals surface area contributed by atoms with E-state index in [4.69, 9.17) is 0 Å². The number of hydrogen-bond acceptors (Lipinski definition) is 4. The van der Waals surface area contributed by atoms with Crippen LogP contribution in [-0.2, 0) is 10.0 Å². The third-order valence-electron chi connectivity index (χ3n) is 7.09. The molecule has 6 heteroatoms. The van der Waals surface area contributed by atoms with Gasteiger partial charge in [-0.25, -0.2) is 12.4 Å². The zero-order valence-electron chi connectivity index (χ0n) is 17.3. The Kier molecular flexibility index (Phi) is 4.40. The van der Waals surface area contributed by atoms with Crippen LogP contribution in [0.15, 0.2) is 71.9 Å². The van der Waals surface area contributed by atoms with Gasteiger partial charge in [0.15, 0.2) is 0 Å². The Morgan fingerprint density at radius 3 is 2.74 bits per heavy atom. The second-order valence-electron chi connectivity index (χ2n) is 8.80. The first-order chi connectivity index (χ1) is 15.1. The Balaban J connectivity index is 1.56. The number of rotatable bonds is 3. The van der Waals surface area contributed by atoms with Crippen molar-refractivity contribution in [3.8, 4) is 0 Å². The number of benzene rings is 2. The van der Waals surface area contributed by atoms with Crippen LogP contribution in [0.1, 0.15) is 37.3 Å². The Labute approximate surface area is 182 Å². The minimum absolute atomic E-state index is 0.233. The molecular formula is C25H25N3O2S. The summed E-state index contributed by atoms with van der Waals surface area (Å²) in [5.41, 5.74) is 1.62. The van der Waals surface area contributed by atoms with Gasteiger partial charge in [-0.2, -0.15) is 0 Å². The van der Waals surface area contributed by atoms with Crippen LogP contribution in [0.5, 0.6) is 0 Å². The fraction of sp³-hybridized carbons (Fsp3) is 0.320. The van der Waals surface area contributed by atoms with E-state index >= 15 is 0 Å². The molecule has 4 aromatic rings. The maximum absolute atomic E-state index is 14.1. The van der Waals surface area contributed by atoms with Crippen molar-refractivity contribution in [3.63, 3.8) is 0 Å². The van der Waals surface area contributed by atoms with Crippen LogP contribution in [0.4, 0.5) is 0 Å². The van der Waals surface area contributed by atoms with Crippen LogP contribution in [0.2, 0.25) is 0 Å². The molecule has 2 aromatic carbocycles. The van der Waals surface area contributed by atoms with Crippen molar-refractivity contribution in [2.75, 3.05) is 13.1 Å². The van der Waals surface area contributed by atoms with Crippen LogP contribution in [0.3, 0.4) is 0 Å². The first-order valence-corrected chi connectivity index (χ1v) is 12.5. The van der Waals surface area contributed by atoms with Crippen LogP contribution in [-0.4, -0.2) is 41.4 Å². The Hall–Kier alpha value is -2.70. The van der Waals surface area contributed by atoms with Crippen molar-refractivity contribution in [1.82, 2.24) is 13.9 Å². The molecular weight excluding hydrogens is 406 g/mol. The van der Waals surface area contributed by atoms with E-state index in [1.165, 1.54) is 19.4 Å². The normalized spacial score (nSPS) is 22.2. The maximum Gasteiger partial charge on any atom is 0.269 e. The molecule has 2 aliphatic heterocycles. The molecule has 4 heterocycles. The summed E-state index contributed by atoms with van der Waals surface area (Å²) < 4.78 is 29.9. The largest absolute Gasteiger partial charge is 0.300 e. The van der Waals surface area contributed by atoms with Crippen molar-refractivity contribution < 1.29 is 8.42 Å². The minimum atomic E-state index is -3.78. The topological polar surface area (TPSA) is 55.2 Å². The first kappa shape index (κ1) is 19.0. The number of nitrogens with zero attached hydrogens (tertiary/aromatic N) is 3. The number of piperidine rings is 1. The third kappa shape index (κ3) is 3.00. The zero-order valence-corrected chi connectivity index (χ0v) is 18.1. The fourth-order valence-corrected chi connectivity index (χ4v) is 7.43. The highest BCUT2D eigenvalue weighted by atomic mass is 32.2. The van der Waals surface area contributed by atoms with E-state index in [-0.39, 0.29) is 5.92 Å². The molecule has 0 amide bonds. The molecule has 6 rings (SSSR count). The number of pyridine rings is 1. The lowest BCUT2D eigenvalue weighted by atomic mass is 9.88. The quantitative estimate of drug-likeness (QED) is 0.469. The Morgan fingerprint density at radius 2 is 1.81 bits per heavy atom. The highest BCUT2D eigenvalue weighted by Gasteiger charge is 2.36. The molecule has 2 atom stereocenters. The molecule has 5 nitrogen and oxygen atoms in total. The van der Waals surface area contributed by atoms with Crippen LogP contribution < -0.4 is 0 Å². The molecule has 0 radical (unpaired) electrons. The van der Waals surface area contributed by atoms with E-state index in [2.05, 4.69) is 16.0 Å². The lowest BCUT2D eigenvalue weighted by molar-refractivity contribution is 0.179. The van der Waals surface area contributed by atoms with Crippen LogP contribution in [0.25, 0.3) is 21.7 Å². The van der Waals surface area contributed by atoms with E-state index in [1.54, 1.807) is 22.4 Å². The highest BCUT2D eigenvalue weighted by Crippen LogP contribution is 2.40. The molecule has 158 valence electrons. The van der Waals surface area contributed by atoms with Gasteiger partial charge in [0.05, 0.1) is 10.4 Å². The van der Waals surface area contributed by atoms with Crippen molar-refractivity contribution in [2.24, 2.45) is 0 Å². The van der Waals surface area contributed by atoms with E-state index in [1.807, 2.05) is 42.5 Å². The molecule has 31 heavy (non-hydrogen) atoms. The Bertz CT molecular complexity index is 1390. The van der Waals surface area contributed by atoms with Gasteiger partial charge in [-0.3, -0.25) is 4.98 Å². The van der Waals surface area contributed by atoms with Gasteiger partial charge in [-0.05, 0) is 62.4 Å². The summed E-state index contributed by atoms with van der Waals surface area (Å²) in [6.07, 6.45) is 7.94. The van der Waals surface area contributed by atoms with Crippen molar-refractivity contribution in [1.29, 1.82) is 0 Å². The van der Waals surface area contributed by atoms with Gasteiger partial charge in [-0.15, -0.1) is 0 Å². The van der Waals surface area contributed by atoms with Gasteiger partial charge in [-0.1, -0.05) is 36.4 Å². The smallest absolute Gasteiger partial charge is 0.269 e. The summed E-state index contributed by atoms with van der Waals surface area (Å²) in [5, 5.41) is 2.58. The van der Waals surface area contributed by atoms with E-state index in [0.29, 0.717) is 16.5 Å². The zero-order chi connectivity index (χ0) is 21.0. The average Bonchev–Trinajstić information content (AvgIpc) is 3.43. The molecule has 2 aromatic heterocycles. The van der Waals surface area contributed by atoms with E-state index in [0.717, 1.165) is 41.2 Å². The summed E-state index contributed by atoms with van der Waals surface area (Å²) in [5.74, 6) is 0.233. The summed E-state index contributed by atoms with van der Waals surface area (Å²) >= 11 is 0. The molecule has 0 saturated carbocycles. The number of hydrogen-bond donors (Lipinski definition) is 0. The summed E-state index contributed by atoms with van der Waals surface area (Å²) in [6, 6.07) is 17.7. The van der Waals surface area contributed by atoms with Crippen molar-refractivity contribution in [2.45, 2.75) is 42.5 Å². The molecule has 2 fully saturated rings. The minimum Gasteiger partial charge on any atom is -0.300 e. The van der Waals surface area contributed by atoms with E-state index < -0.39 is 10.0 Å². The predicted molar refractivity (Wildman–Crippen MR) is 123 cm³/mol. The highest BCUT2D eigenvalue weighted by molar-refractivity contribution is 7.90. The number of aromatic nitrogens is 2. The van der Waals surface area contributed by atoms with Gasteiger partial charge >= 0.3 is 0 Å². The second kappa shape index (κ2) is 7.18. The van der Waals surface area contributed by atoms with Crippen LogP contribution >= 0.6 is 0 Å². The fourth-order valence-electron chi connectivity index (χ4n) is 5.62. The maximum atomic E-state index is 14.1. The lowest BCUT2D eigenvalue weighted by Crippen LogP contribution is -2.37. The van der Waals surface area contributed by atoms with Gasteiger partial charge in [0.25, 0.3) is 10.0 Å². The molecule has 2 unspecified atom stereocenters. The molecule has 0 aliphatic carbocycles. The average molecular weight is 432 g/mol. The number of fused-ring (bicyclic) bond motifs is 3. The van der Waals surface area contributed by atoms with E-state index in [9.17, 15) is 8.42 Å². The van der Waals surface area contributed by atoms with Crippen LogP contribution in [0, 0.1) is 0 Å².